The Morgan fingerprint density at radius 3 is 2.68 bits per heavy atom. The molecule has 0 spiro atoms. The second-order valence-corrected chi connectivity index (χ2v) is 3.79. The van der Waals surface area contributed by atoms with Crippen LogP contribution in [0.25, 0.3) is 0 Å². The summed E-state index contributed by atoms with van der Waals surface area (Å²) in [6, 6.07) is 8.82. The largest absolute Gasteiger partial charge is 0.469 e. The van der Waals surface area contributed by atoms with Crippen molar-refractivity contribution in [3.63, 3.8) is 0 Å². The Kier molecular flexibility index (Phi) is 3.97. The number of tetrazole rings is 1. The van der Waals surface area contributed by atoms with E-state index in [0.29, 0.717) is 11.4 Å². The van der Waals surface area contributed by atoms with E-state index in [1.54, 1.807) is 24.3 Å². The van der Waals surface area contributed by atoms with Gasteiger partial charge in [-0.3, -0.25) is 9.59 Å². The Labute approximate surface area is 109 Å². The lowest BCUT2D eigenvalue weighted by Crippen LogP contribution is -2.17. The molecule has 0 N–H and O–H groups in total. The topological polar surface area (TPSA) is 87.0 Å². The average molecular weight is 260 g/mol. The first-order chi connectivity index (χ1) is 9.20. The molecule has 1 aromatic carbocycles. The molecule has 0 saturated carbocycles. The fourth-order valence-electron chi connectivity index (χ4n) is 1.53. The molecule has 0 amide bonds. The molecule has 1 heterocycles. The quantitative estimate of drug-likeness (QED) is 0.566. The number of carbonyl (C=O) groups excluding carboxylic acids is 2. The van der Waals surface area contributed by atoms with Crippen molar-refractivity contribution in [2.45, 2.75) is 13.0 Å². The molecule has 2 aromatic rings. The van der Waals surface area contributed by atoms with Gasteiger partial charge in [0.05, 0.1) is 7.11 Å². The van der Waals surface area contributed by atoms with Crippen molar-refractivity contribution in [3.05, 3.63) is 41.7 Å². The van der Waals surface area contributed by atoms with Crippen LogP contribution in [0.1, 0.15) is 16.2 Å². The number of carbonyl (C=O) groups is 2. The van der Waals surface area contributed by atoms with Crippen molar-refractivity contribution in [1.29, 1.82) is 0 Å². The second kappa shape index (κ2) is 5.85. The number of rotatable bonds is 5. The summed E-state index contributed by atoms with van der Waals surface area (Å²) in [6.45, 7) is -0.0106. The fourth-order valence-corrected chi connectivity index (χ4v) is 1.53. The van der Waals surface area contributed by atoms with Crippen molar-refractivity contribution in [2.24, 2.45) is 0 Å². The molecule has 0 unspecified atom stereocenters. The highest BCUT2D eigenvalue weighted by Gasteiger charge is 2.14. The molecular formula is C12H12N4O3. The van der Waals surface area contributed by atoms with E-state index in [1.807, 2.05) is 6.07 Å². The zero-order chi connectivity index (χ0) is 13.7. The van der Waals surface area contributed by atoms with Crippen molar-refractivity contribution >= 4 is 11.8 Å². The molecule has 0 radical (unpaired) electrons. The maximum Gasteiger partial charge on any atom is 0.313 e. The highest BCUT2D eigenvalue weighted by atomic mass is 16.5. The molecular weight excluding hydrogens is 248 g/mol. The van der Waals surface area contributed by atoms with Gasteiger partial charge >= 0.3 is 5.97 Å². The predicted octanol–water partition coefficient (Wildman–Crippen LogP) is 0.271. The van der Waals surface area contributed by atoms with E-state index >= 15 is 0 Å². The summed E-state index contributed by atoms with van der Waals surface area (Å²) in [6.07, 6.45) is -0.0639. The number of hydrogen-bond acceptors (Lipinski definition) is 6. The van der Waals surface area contributed by atoms with Crippen molar-refractivity contribution in [1.82, 2.24) is 20.2 Å². The van der Waals surface area contributed by atoms with Crippen LogP contribution in [-0.4, -0.2) is 39.1 Å². The smallest absolute Gasteiger partial charge is 0.313 e. The third-order valence-corrected chi connectivity index (χ3v) is 2.53. The first kappa shape index (κ1) is 12.9. The zero-order valence-corrected chi connectivity index (χ0v) is 10.3. The molecule has 0 atom stereocenters. The van der Waals surface area contributed by atoms with Gasteiger partial charge in [-0.05, 0) is 10.4 Å². The Morgan fingerprint density at radius 1 is 1.26 bits per heavy atom. The summed E-state index contributed by atoms with van der Waals surface area (Å²) in [7, 11) is 1.28. The Bertz CT molecular complexity index is 580. The number of aromatic nitrogens is 4. The molecule has 0 aliphatic carbocycles. The lowest BCUT2D eigenvalue weighted by molar-refractivity contribution is -0.140. The van der Waals surface area contributed by atoms with Crippen LogP contribution in [0.5, 0.6) is 0 Å². The van der Waals surface area contributed by atoms with Crippen LogP contribution in [0.4, 0.5) is 0 Å². The minimum Gasteiger partial charge on any atom is -0.469 e. The molecule has 0 bridgehead atoms. The molecule has 0 aliphatic rings. The predicted molar refractivity (Wildman–Crippen MR) is 64.3 cm³/mol. The molecule has 19 heavy (non-hydrogen) atoms. The number of Topliss-reactive ketones (excluding diaryl/α,β-unsaturated/α-hetero) is 1. The molecule has 0 saturated heterocycles. The lowest BCUT2D eigenvalue weighted by Gasteiger charge is -2.03. The van der Waals surface area contributed by atoms with Gasteiger partial charge in [0.15, 0.2) is 11.6 Å². The van der Waals surface area contributed by atoms with Gasteiger partial charge in [-0.1, -0.05) is 30.3 Å². The van der Waals surface area contributed by atoms with E-state index in [9.17, 15) is 9.59 Å². The van der Waals surface area contributed by atoms with Crippen LogP contribution in [0.2, 0.25) is 0 Å². The SMILES string of the molecule is COC(=O)Cc1nnnn1CC(=O)c1ccccc1. The molecule has 0 fully saturated rings. The number of esters is 1. The Morgan fingerprint density at radius 2 is 2.00 bits per heavy atom. The molecule has 7 nitrogen and oxygen atoms in total. The van der Waals surface area contributed by atoms with Gasteiger partial charge in [-0.25, -0.2) is 4.68 Å². The summed E-state index contributed by atoms with van der Waals surface area (Å²) in [5, 5.41) is 10.9. The van der Waals surface area contributed by atoms with Crippen molar-refractivity contribution < 1.29 is 14.3 Å². The van der Waals surface area contributed by atoms with E-state index in [-0.39, 0.29) is 18.7 Å². The zero-order valence-electron chi connectivity index (χ0n) is 10.3. The highest BCUT2D eigenvalue weighted by molar-refractivity contribution is 5.95. The number of benzene rings is 1. The summed E-state index contributed by atoms with van der Waals surface area (Å²) in [4.78, 5) is 23.2. The van der Waals surface area contributed by atoms with Crippen LogP contribution >= 0.6 is 0 Å². The summed E-state index contributed by atoms with van der Waals surface area (Å²) >= 11 is 0. The number of ketones is 1. The van der Waals surface area contributed by atoms with E-state index in [1.165, 1.54) is 11.8 Å². The van der Waals surface area contributed by atoms with Crippen molar-refractivity contribution in [3.8, 4) is 0 Å². The molecule has 1 aromatic heterocycles. The standard InChI is InChI=1S/C12H12N4O3/c1-19-12(18)7-11-13-14-15-16(11)8-10(17)9-5-3-2-4-6-9/h2-6H,7-8H2,1H3. The van der Waals surface area contributed by atoms with Gasteiger partial charge in [0.1, 0.15) is 13.0 Å². The van der Waals surface area contributed by atoms with Gasteiger partial charge in [0.25, 0.3) is 0 Å². The summed E-state index contributed by atoms with van der Waals surface area (Å²) < 4.78 is 5.83. The van der Waals surface area contributed by atoms with E-state index in [4.69, 9.17) is 0 Å². The first-order valence-corrected chi connectivity index (χ1v) is 5.61. The van der Waals surface area contributed by atoms with Gasteiger partial charge in [-0.2, -0.15) is 0 Å². The van der Waals surface area contributed by atoms with Gasteiger partial charge in [0.2, 0.25) is 0 Å². The third kappa shape index (κ3) is 3.21. The van der Waals surface area contributed by atoms with Crippen LogP contribution in [0.3, 0.4) is 0 Å². The summed E-state index contributed by atoms with van der Waals surface area (Å²) in [5.74, 6) is -0.279. The Hall–Kier alpha value is -2.57. The minimum absolute atomic E-state index is 0.0106. The molecule has 7 heteroatoms. The second-order valence-electron chi connectivity index (χ2n) is 3.79. The molecule has 2 rings (SSSR count). The third-order valence-electron chi connectivity index (χ3n) is 2.53. The average Bonchev–Trinajstić information content (AvgIpc) is 2.86. The number of methoxy groups -OCH3 is 1. The lowest BCUT2D eigenvalue weighted by atomic mass is 10.1. The van der Waals surface area contributed by atoms with E-state index in [2.05, 4.69) is 20.3 Å². The maximum atomic E-state index is 12.0. The van der Waals surface area contributed by atoms with Gasteiger partial charge in [0, 0.05) is 5.56 Å². The van der Waals surface area contributed by atoms with Crippen molar-refractivity contribution in [2.75, 3.05) is 7.11 Å². The first-order valence-electron chi connectivity index (χ1n) is 5.61. The fraction of sp³-hybridized carbons (Fsp3) is 0.250. The normalized spacial score (nSPS) is 10.2. The van der Waals surface area contributed by atoms with Gasteiger partial charge in [-0.15, -0.1) is 5.10 Å². The van der Waals surface area contributed by atoms with Gasteiger partial charge < -0.3 is 4.74 Å². The maximum absolute atomic E-state index is 12.0. The number of nitrogens with zero attached hydrogens (tertiary/aromatic N) is 4. The monoisotopic (exact) mass is 260 g/mol. The van der Waals surface area contributed by atoms with Crippen LogP contribution in [0.15, 0.2) is 30.3 Å². The van der Waals surface area contributed by atoms with Crippen LogP contribution < -0.4 is 0 Å². The molecule has 98 valence electrons. The van der Waals surface area contributed by atoms with E-state index < -0.39 is 5.97 Å². The minimum atomic E-state index is -0.455. The van der Waals surface area contributed by atoms with Crippen LogP contribution in [0, 0.1) is 0 Å². The van der Waals surface area contributed by atoms with Crippen LogP contribution in [-0.2, 0) is 22.5 Å². The number of hydrogen-bond donors (Lipinski definition) is 0. The molecule has 0 aliphatic heterocycles. The summed E-state index contributed by atoms with van der Waals surface area (Å²) in [5.41, 5.74) is 0.571. The Balaban J connectivity index is 2.10. The highest BCUT2D eigenvalue weighted by Crippen LogP contribution is 2.03. The number of ether oxygens (including phenoxy) is 1. The van der Waals surface area contributed by atoms with E-state index in [0.717, 1.165) is 0 Å².